The summed E-state index contributed by atoms with van der Waals surface area (Å²) in [6.07, 6.45) is 1.30. The van der Waals surface area contributed by atoms with E-state index < -0.39 is 5.60 Å². The lowest BCUT2D eigenvalue weighted by Crippen LogP contribution is -2.39. The molecule has 0 amide bonds. The van der Waals surface area contributed by atoms with Crippen molar-refractivity contribution in [2.45, 2.75) is 52.2 Å². The van der Waals surface area contributed by atoms with Crippen LogP contribution in [-0.4, -0.2) is 46.5 Å². The Kier molecular flexibility index (Phi) is 4.77. The normalized spacial score (nSPS) is 29.4. The molecular weight excluding hydrogens is 202 g/mol. The van der Waals surface area contributed by atoms with Crippen LogP contribution in [0.5, 0.6) is 0 Å². The van der Waals surface area contributed by atoms with Crippen molar-refractivity contribution in [3.63, 3.8) is 0 Å². The van der Waals surface area contributed by atoms with Crippen molar-refractivity contribution in [1.82, 2.24) is 4.90 Å². The highest BCUT2D eigenvalue weighted by Crippen LogP contribution is 2.28. The summed E-state index contributed by atoms with van der Waals surface area (Å²) in [4.78, 5) is 2.40. The Hall–Kier alpha value is -0.120. The van der Waals surface area contributed by atoms with Crippen LogP contribution in [-0.2, 0) is 0 Å². The summed E-state index contributed by atoms with van der Waals surface area (Å²) in [7, 11) is 0. The van der Waals surface area contributed by atoms with E-state index in [4.69, 9.17) is 0 Å². The van der Waals surface area contributed by atoms with Gasteiger partial charge in [-0.25, -0.2) is 0 Å². The van der Waals surface area contributed by atoms with Gasteiger partial charge in [0, 0.05) is 19.0 Å². The van der Waals surface area contributed by atoms with Crippen LogP contribution >= 0.6 is 0 Å². The van der Waals surface area contributed by atoms with E-state index in [2.05, 4.69) is 18.7 Å². The maximum atomic E-state index is 10.0. The monoisotopic (exact) mass is 229 g/mol. The lowest BCUT2D eigenvalue weighted by Gasteiger charge is -2.31. The molecule has 0 aromatic heterocycles. The van der Waals surface area contributed by atoms with Gasteiger partial charge >= 0.3 is 0 Å². The summed E-state index contributed by atoms with van der Waals surface area (Å²) < 4.78 is 0. The molecule has 0 aromatic rings. The van der Waals surface area contributed by atoms with E-state index in [9.17, 15) is 10.2 Å². The van der Waals surface area contributed by atoms with Crippen molar-refractivity contribution in [1.29, 1.82) is 0 Å². The first-order valence-corrected chi connectivity index (χ1v) is 6.43. The lowest BCUT2D eigenvalue weighted by atomic mass is 9.83. The molecule has 3 nitrogen and oxygen atoms in total. The molecule has 16 heavy (non-hydrogen) atoms. The Balaban J connectivity index is 2.56. The zero-order valence-electron chi connectivity index (χ0n) is 11.1. The molecular formula is C13H27NO2. The molecule has 1 fully saturated rings. The molecule has 1 aliphatic heterocycles. The summed E-state index contributed by atoms with van der Waals surface area (Å²) in [5.74, 6) is 0.667. The average molecular weight is 229 g/mol. The molecule has 2 atom stereocenters. The Labute approximate surface area is 99.5 Å². The molecule has 1 heterocycles. The molecule has 2 unspecified atom stereocenters. The van der Waals surface area contributed by atoms with Crippen LogP contribution in [0.3, 0.4) is 0 Å². The van der Waals surface area contributed by atoms with E-state index in [0.717, 1.165) is 32.5 Å². The average Bonchev–Trinajstić information content (AvgIpc) is 2.26. The summed E-state index contributed by atoms with van der Waals surface area (Å²) in [6, 6.07) is 0. The first-order chi connectivity index (χ1) is 7.30. The number of aliphatic hydroxyl groups is 2. The van der Waals surface area contributed by atoms with Crippen LogP contribution in [0.15, 0.2) is 0 Å². The number of nitrogens with zero attached hydrogens (tertiary/aromatic N) is 1. The van der Waals surface area contributed by atoms with Crippen molar-refractivity contribution in [3.05, 3.63) is 0 Å². The third-order valence-corrected chi connectivity index (χ3v) is 3.49. The quantitative estimate of drug-likeness (QED) is 0.770. The highest BCUT2D eigenvalue weighted by atomic mass is 16.3. The minimum absolute atomic E-state index is 0.00432. The summed E-state index contributed by atoms with van der Waals surface area (Å²) >= 11 is 0. The molecule has 1 rings (SSSR count). The first-order valence-electron chi connectivity index (χ1n) is 6.43. The van der Waals surface area contributed by atoms with Gasteiger partial charge in [0.2, 0.25) is 0 Å². The Morgan fingerprint density at radius 1 is 1.25 bits per heavy atom. The van der Waals surface area contributed by atoms with Gasteiger partial charge in [0.1, 0.15) is 0 Å². The summed E-state index contributed by atoms with van der Waals surface area (Å²) in [5.41, 5.74) is -0.771. The largest absolute Gasteiger partial charge is 0.393 e. The lowest BCUT2D eigenvalue weighted by molar-refractivity contribution is -0.0472. The van der Waals surface area contributed by atoms with Gasteiger partial charge in [-0.2, -0.15) is 0 Å². The molecule has 0 bridgehead atoms. The molecule has 0 aromatic carbocycles. The second-order valence-electron chi connectivity index (χ2n) is 6.10. The van der Waals surface area contributed by atoms with Gasteiger partial charge in [-0.15, -0.1) is 0 Å². The van der Waals surface area contributed by atoms with Gasteiger partial charge in [-0.3, -0.25) is 0 Å². The van der Waals surface area contributed by atoms with Crippen LogP contribution in [0.25, 0.3) is 0 Å². The molecule has 1 aliphatic rings. The number of hydrogen-bond acceptors (Lipinski definition) is 3. The second kappa shape index (κ2) is 5.48. The Bertz CT molecular complexity index is 210. The number of aliphatic hydroxyl groups excluding tert-OH is 1. The highest BCUT2D eigenvalue weighted by molar-refractivity contribution is 4.87. The van der Waals surface area contributed by atoms with E-state index in [0.29, 0.717) is 5.92 Å². The fraction of sp³-hybridized carbons (Fsp3) is 1.00. The predicted molar refractivity (Wildman–Crippen MR) is 66.3 cm³/mol. The van der Waals surface area contributed by atoms with E-state index >= 15 is 0 Å². The maximum absolute atomic E-state index is 10.0. The van der Waals surface area contributed by atoms with Crippen molar-refractivity contribution < 1.29 is 10.2 Å². The van der Waals surface area contributed by atoms with Crippen molar-refractivity contribution in [2.75, 3.05) is 19.6 Å². The fourth-order valence-electron chi connectivity index (χ4n) is 2.66. The van der Waals surface area contributed by atoms with Gasteiger partial charge in [0.05, 0.1) is 11.7 Å². The van der Waals surface area contributed by atoms with Gasteiger partial charge in [0.25, 0.3) is 0 Å². The third kappa shape index (κ3) is 4.04. The first kappa shape index (κ1) is 13.9. The predicted octanol–water partition coefficient (Wildman–Crippen LogP) is 1.49. The number of rotatable bonds is 3. The van der Waals surface area contributed by atoms with Gasteiger partial charge < -0.3 is 15.1 Å². The Morgan fingerprint density at radius 3 is 2.31 bits per heavy atom. The van der Waals surface area contributed by atoms with Crippen molar-refractivity contribution in [2.24, 2.45) is 11.8 Å². The van der Waals surface area contributed by atoms with Crippen LogP contribution in [0.1, 0.15) is 40.5 Å². The molecule has 0 radical (unpaired) electrons. The van der Waals surface area contributed by atoms with E-state index in [1.807, 2.05) is 0 Å². The van der Waals surface area contributed by atoms with Crippen LogP contribution in [0.4, 0.5) is 0 Å². The van der Waals surface area contributed by atoms with Crippen molar-refractivity contribution in [3.8, 4) is 0 Å². The molecule has 2 N–H and O–H groups in total. The minimum Gasteiger partial charge on any atom is -0.393 e. The minimum atomic E-state index is -0.771. The maximum Gasteiger partial charge on any atom is 0.0644 e. The molecule has 1 saturated heterocycles. The third-order valence-electron chi connectivity index (χ3n) is 3.49. The molecule has 96 valence electrons. The highest BCUT2D eigenvalue weighted by Gasteiger charge is 2.35. The zero-order valence-corrected chi connectivity index (χ0v) is 11.1. The van der Waals surface area contributed by atoms with Gasteiger partial charge in [-0.1, -0.05) is 13.8 Å². The fourth-order valence-corrected chi connectivity index (χ4v) is 2.66. The number of hydrogen-bond donors (Lipinski definition) is 2. The van der Waals surface area contributed by atoms with Crippen molar-refractivity contribution >= 4 is 0 Å². The molecule has 3 heteroatoms. The Morgan fingerprint density at radius 2 is 1.81 bits per heavy atom. The summed E-state index contributed by atoms with van der Waals surface area (Å²) in [6.45, 7) is 11.1. The molecule has 0 spiro atoms. The SMILES string of the molecule is CC(C)CN1CCC(O)C(C(C)(C)O)CC1. The molecule has 0 saturated carbocycles. The van der Waals surface area contributed by atoms with Gasteiger partial charge in [-0.05, 0) is 39.2 Å². The van der Waals surface area contributed by atoms with E-state index in [1.54, 1.807) is 13.8 Å². The second-order valence-corrected chi connectivity index (χ2v) is 6.10. The van der Waals surface area contributed by atoms with Gasteiger partial charge in [0.15, 0.2) is 0 Å². The van der Waals surface area contributed by atoms with E-state index in [1.165, 1.54) is 0 Å². The van der Waals surface area contributed by atoms with E-state index in [-0.39, 0.29) is 12.0 Å². The van der Waals surface area contributed by atoms with Crippen LogP contribution < -0.4 is 0 Å². The topological polar surface area (TPSA) is 43.7 Å². The van der Waals surface area contributed by atoms with Crippen LogP contribution in [0.2, 0.25) is 0 Å². The molecule has 0 aliphatic carbocycles. The standard InChI is InChI=1S/C13H27NO2/c1-10(2)9-14-7-5-11(13(3,4)16)12(15)6-8-14/h10-12,15-16H,5-9H2,1-4H3. The zero-order chi connectivity index (χ0) is 12.3. The number of likely N-dealkylation sites (tertiary alicyclic amines) is 1. The smallest absolute Gasteiger partial charge is 0.0644 e. The summed E-state index contributed by atoms with van der Waals surface area (Å²) in [5, 5.41) is 20.1. The van der Waals surface area contributed by atoms with Crippen LogP contribution in [0, 0.1) is 11.8 Å².